The summed E-state index contributed by atoms with van der Waals surface area (Å²) in [6, 6.07) is 8.48. The topological polar surface area (TPSA) is 96.3 Å². The average molecular weight is 474 g/mol. The van der Waals surface area contributed by atoms with Gasteiger partial charge in [0.2, 0.25) is 0 Å². The number of likely N-dealkylation sites (tertiary alicyclic amines) is 1. The van der Waals surface area contributed by atoms with Gasteiger partial charge in [-0.1, -0.05) is 37.4 Å². The van der Waals surface area contributed by atoms with E-state index in [1.165, 1.54) is 24.1 Å². The van der Waals surface area contributed by atoms with E-state index in [1.54, 1.807) is 31.2 Å². The highest BCUT2D eigenvalue weighted by Gasteiger charge is 2.46. The monoisotopic (exact) mass is 473 g/mol. The first-order valence-electron chi connectivity index (χ1n) is 10.9. The van der Waals surface area contributed by atoms with Crippen molar-refractivity contribution in [3.05, 3.63) is 58.1 Å². The first-order chi connectivity index (χ1) is 15.8. The van der Waals surface area contributed by atoms with Crippen LogP contribution in [0.2, 0.25) is 5.02 Å². The van der Waals surface area contributed by atoms with E-state index in [4.69, 9.17) is 21.1 Å². The maximum Gasteiger partial charge on any atom is 0.295 e. The lowest BCUT2D eigenvalue weighted by Gasteiger charge is -2.26. The molecule has 1 unspecified atom stereocenters. The molecule has 7 nitrogen and oxygen atoms in total. The molecule has 2 N–H and O–H groups in total. The number of halogens is 1. The Morgan fingerprint density at radius 3 is 2.48 bits per heavy atom. The summed E-state index contributed by atoms with van der Waals surface area (Å²) >= 11 is 6.22. The van der Waals surface area contributed by atoms with E-state index in [9.17, 15) is 19.8 Å². The number of ketones is 1. The Balaban J connectivity index is 2.16. The molecule has 1 atom stereocenters. The van der Waals surface area contributed by atoms with Gasteiger partial charge in [-0.15, -0.1) is 0 Å². The van der Waals surface area contributed by atoms with Crippen LogP contribution in [0.3, 0.4) is 0 Å². The fourth-order valence-corrected chi connectivity index (χ4v) is 4.19. The molecule has 0 spiro atoms. The van der Waals surface area contributed by atoms with Crippen LogP contribution < -0.4 is 9.47 Å². The van der Waals surface area contributed by atoms with Gasteiger partial charge >= 0.3 is 0 Å². The Morgan fingerprint density at radius 1 is 1.09 bits per heavy atom. The number of phenols is 1. The van der Waals surface area contributed by atoms with Crippen LogP contribution >= 0.6 is 11.6 Å². The number of nitrogens with zero attached hydrogens (tertiary/aromatic N) is 1. The third kappa shape index (κ3) is 4.93. The van der Waals surface area contributed by atoms with Crippen molar-refractivity contribution in [2.75, 3.05) is 20.3 Å². The van der Waals surface area contributed by atoms with Crippen molar-refractivity contribution in [2.45, 2.75) is 39.2 Å². The Bertz CT molecular complexity index is 1080. The maximum atomic E-state index is 13.1. The molecule has 0 aliphatic carbocycles. The fraction of sp³-hybridized carbons (Fsp3) is 0.360. The van der Waals surface area contributed by atoms with Crippen molar-refractivity contribution in [1.29, 1.82) is 0 Å². The summed E-state index contributed by atoms with van der Waals surface area (Å²) in [5.41, 5.74) is 0.806. The van der Waals surface area contributed by atoms with Gasteiger partial charge in [0.15, 0.2) is 11.5 Å². The number of carbonyl (C=O) groups excluding carboxylic acids is 2. The van der Waals surface area contributed by atoms with E-state index < -0.39 is 17.7 Å². The summed E-state index contributed by atoms with van der Waals surface area (Å²) in [6.45, 7) is 4.52. The maximum absolute atomic E-state index is 13.1. The lowest BCUT2D eigenvalue weighted by molar-refractivity contribution is -0.139. The Kier molecular flexibility index (Phi) is 7.87. The van der Waals surface area contributed by atoms with Crippen LogP contribution in [0.25, 0.3) is 5.76 Å². The third-order valence-corrected chi connectivity index (χ3v) is 5.86. The number of rotatable bonds is 9. The number of methoxy groups -OCH3 is 1. The minimum absolute atomic E-state index is 0.0362. The highest BCUT2D eigenvalue weighted by Crippen LogP contribution is 2.42. The number of carbonyl (C=O) groups is 2. The third-order valence-electron chi connectivity index (χ3n) is 5.57. The zero-order valence-corrected chi connectivity index (χ0v) is 19.7. The van der Waals surface area contributed by atoms with Gasteiger partial charge < -0.3 is 24.6 Å². The molecular weight excluding hydrogens is 446 g/mol. The minimum Gasteiger partial charge on any atom is -0.507 e. The predicted molar refractivity (Wildman–Crippen MR) is 126 cm³/mol. The molecule has 1 heterocycles. The molecule has 1 aliphatic heterocycles. The highest BCUT2D eigenvalue weighted by atomic mass is 35.5. The van der Waals surface area contributed by atoms with Crippen LogP contribution in [0.15, 0.2) is 42.0 Å². The summed E-state index contributed by atoms with van der Waals surface area (Å²) in [5.74, 6) is -1.17. The van der Waals surface area contributed by atoms with Gasteiger partial charge in [0.05, 0.1) is 30.4 Å². The molecule has 1 fully saturated rings. The van der Waals surface area contributed by atoms with Crippen molar-refractivity contribution < 1.29 is 29.3 Å². The van der Waals surface area contributed by atoms with E-state index in [0.717, 1.165) is 12.8 Å². The average Bonchev–Trinajstić information content (AvgIpc) is 3.05. The zero-order valence-electron chi connectivity index (χ0n) is 18.9. The SMILES string of the molecule is CCCCCN1C(=O)C(=O)/C(=C(\O)c2ccc(OC)c(Cl)c2)C1c1ccc(O)c(OCC)c1. The molecule has 8 heteroatoms. The van der Waals surface area contributed by atoms with Gasteiger partial charge in [-0.05, 0) is 49.2 Å². The second kappa shape index (κ2) is 10.6. The molecule has 1 aliphatic rings. The smallest absolute Gasteiger partial charge is 0.295 e. The Hall–Kier alpha value is -3.19. The van der Waals surface area contributed by atoms with Crippen molar-refractivity contribution in [1.82, 2.24) is 4.90 Å². The lowest BCUT2D eigenvalue weighted by Crippen LogP contribution is -2.30. The first kappa shape index (κ1) is 24.5. The van der Waals surface area contributed by atoms with Crippen LogP contribution in [-0.2, 0) is 9.59 Å². The summed E-state index contributed by atoms with van der Waals surface area (Å²) in [5, 5.41) is 21.5. The van der Waals surface area contributed by atoms with Crippen molar-refractivity contribution in [3.8, 4) is 17.2 Å². The molecule has 3 rings (SSSR count). The minimum atomic E-state index is -0.831. The van der Waals surface area contributed by atoms with Crippen LogP contribution in [0, 0.1) is 0 Å². The molecule has 0 bridgehead atoms. The van der Waals surface area contributed by atoms with Crippen LogP contribution in [0.1, 0.15) is 50.3 Å². The molecular formula is C25H28ClNO6. The molecule has 2 aromatic carbocycles. The number of ether oxygens (including phenoxy) is 2. The number of aliphatic hydroxyl groups excluding tert-OH is 1. The Morgan fingerprint density at radius 2 is 1.85 bits per heavy atom. The molecule has 2 aromatic rings. The largest absolute Gasteiger partial charge is 0.507 e. The molecule has 1 amide bonds. The first-order valence-corrected chi connectivity index (χ1v) is 11.3. The number of aromatic hydroxyl groups is 1. The highest BCUT2D eigenvalue weighted by molar-refractivity contribution is 6.46. The second-order valence-electron chi connectivity index (χ2n) is 7.71. The number of aliphatic hydroxyl groups is 1. The summed E-state index contributed by atoms with van der Waals surface area (Å²) in [7, 11) is 1.48. The van der Waals surface area contributed by atoms with E-state index in [-0.39, 0.29) is 27.9 Å². The molecule has 0 radical (unpaired) electrons. The number of Topliss-reactive ketones (excluding diaryl/α,β-unsaturated/α-hetero) is 1. The van der Waals surface area contributed by atoms with Gasteiger partial charge in [0, 0.05) is 12.1 Å². The second-order valence-corrected chi connectivity index (χ2v) is 8.12. The van der Waals surface area contributed by atoms with Gasteiger partial charge in [0.1, 0.15) is 11.5 Å². The van der Waals surface area contributed by atoms with Crippen LogP contribution in [0.5, 0.6) is 17.2 Å². The zero-order chi connectivity index (χ0) is 24.1. The molecule has 0 aromatic heterocycles. The predicted octanol–water partition coefficient (Wildman–Crippen LogP) is 5.06. The molecule has 176 valence electrons. The van der Waals surface area contributed by atoms with E-state index in [2.05, 4.69) is 0 Å². The fourth-order valence-electron chi connectivity index (χ4n) is 3.93. The van der Waals surface area contributed by atoms with E-state index >= 15 is 0 Å². The van der Waals surface area contributed by atoms with Crippen LogP contribution in [0.4, 0.5) is 0 Å². The number of hydrogen-bond acceptors (Lipinski definition) is 6. The number of phenolic OH excluding ortho intramolecular Hbond substituents is 1. The summed E-state index contributed by atoms with van der Waals surface area (Å²) < 4.78 is 10.7. The van der Waals surface area contributed by atoms with E-state index in [0.29, 0.717) is 36.4 Å². The summed E-state index contributed by atoms with van der Waals surface area (Å²) in [6.07, 6.45) is 2.56. The standard InChI is InChI=1S/C25H28ClNO6/c1-4-6-7-12-27-22(15-8-10-18(28)20(14-15)33-5-2)21(24(30)25(27)31)23(29)16-9-11-19(32-3)17(26)13-16/h8-11,13-14,22,28-29H,4-7,12H2,1-3H3/b23-21-. The van der Waals surface area contributed by atoms with Crippen molar-refractivity contribution in [2.24, 2.45) is 0 Å². The molecule has 33 heavy (non-hydrogen) atoms. The number of amides is 1. The normalized spacial score (nSPS) is 17.5. The van der Waals surface area contributed by atoms with Crippen LogP contribution in [-0.4, -0.2) is 47.1 Å². The summed E-state index contributed by atoms with van der Waals surface area (Å²) in [4.78, 5) is 27.5. The van der Waals surface area contributed by atoms with Gasteiger partial charge in [-0.3, -0.25) is 9.59 Å². The number of benzene rings is 2. The van der Waals surface area contributed by atoms with Gasteiger partial charge in [-0.25, -0.2) is 0 Å². The van der Waals surface area contributed by atoms with E-state index in [1.807, 2.05) is 6.92 Å². The lowest BCUT2D eigenvalue weighted by atomic mass is 9.95. The number of hydrogen-bond donors (Lipinski definition) is 2. The van der Waals surface area contributed by atoms with Gasteiger partial charge in [0.25, 0.3) is 11.7 Å². The number of unbranched alkanes of at least 4 members (excludes halogenated alkanes) is 2. The quantitative estimate of drug-likeness (QED) is 0.228. The van der Waals surface area contributed by atoms with Crippen molar-refractivity contribution >= 4 is 29.1 Å². The molecule has 0 saturated carbocycles. The molecule has 1 saturated heterocycles. The van der Waals surface area contributed by atoms with Gasteiger partial charge in [-0.2, -0.15) is 0 Å². The van der Waals surface area contributed by atoms with Crippen molar-refractivity contribution in [3.63, 3.8) is 0 Å². The Labute approximate surface area is 198 Å².